The van der Waals surface area contributed by atoms with E-state index in [9.17, 15) is 0 Å². The van der Waals surface area contributed by atoms with Gasteiger partial charge in [0.2, 0.25) is 0 Å². The van der Waals surface area contributed by atoms with Crippen molar-refractivity contribution in [2.45, 2.75) is 13.0 Å². The first-order valence-corrected chi connectivity index (χ1v) is 5.81. The molecule has 0 fully saturated rings. The van der Waals surface area contributed by atoms with Gasteiger partial charge in [-0.15, -0.1) is 0 Å². The van der Waals surface area contributed by atoms with Crippen LogP contribution in [-0.4, -0.2) is 21.3 Å². The highest BCUT2D eigenvalue weighted by molar-refractivity contribution is 5.46. The molecule has 0 aliphatic heterocycles. The molecule has 0 aliphatic rings. The Morgan fingerprint density at radius 2 is 2.11 bits per heavy atom. The lowest BCUT2D eigenvalue weighted by atomic mass is 10.2. The second kappa shape index (κ2) is 5.82. The summed E-state index contributed by atoms with van der Waals surface area (Å²) in [6.07, 6.45) is 2.04. The van der Waals surface area contributed by atoms with Gasteiger partial charge in [-0.1, -0.05) is 18.2 Å². The van der Waals surface area contributed by atoms with E-state index in [0.717, 1.165) is 11.5 Å². The van der Waals surface area contributed by atoms with Gasteiger partial charge in [0.1, 0.15) is 12.2 Å². The van der Waals surface area contributed by atoms with Gasteiger partial charge < -0.3 is 4.90 Å². The van der Waals surface area contributed by atoms with Crippen LogP contribution in [0.5, 0.6) is 0 Å². The summed E-state index contributed by atoms with van der Waals surface area (Å²) < 4.78 is 1.75. The summed E-state index contributed by atoms with van der Waals surface area (Å²) >= 11 is 0. The van der Waals surface area contributed by atoms with Crippen LogP contribution in [0.25, 0.3) is 0 Å². The number of anilines is 1. The van der Waals surface area contributed by atoms with E-state index in [4.69, 9.17) is 5.26 Å². The van der Waals surface area contributed by atoms with Gasteiger partial charge in [0.15, 0.2) is 0 Å². The summed E-state index contributed by atoms with van der Waals surface area (Å²) in [5.74, 6) is 0.886. The fourth-order valence-electron chi connectivity index (χ4n) is 1.76. The second-order valence-corrected chi connectivity index (χ2v) is 3.97. The number of benzene rings is 1. The Bertz CT molecular complexity index is 526. The van der Waals surface area contributed by atoms with Gasteiger partial charge in [-0.25, -0.2) is 4.98 Å². The molecular formula is C13H15N5. The van der Waals surface area contributed by atoms with Crippen molar-refractivity contribution in [3.8, 4) is 6.07 Å². The largest absolute Gasteiger partial charge is 0.363 e. The standard InChI is InChI=1S/C13H15N5/c1-17-13(15-11-16-17)10-18(9-5-8-14)12-6-3-2-4-7-12/h2-4,6-7,11H,5,9-10H2,1H3. The molecule has 0 aliphatic carbocycles. The number of para-hydroxylation sites is 1. The molecule has 0 amide bonds. The fourth-order valence-corrected chi connectivity index (χ4v) is 1.76. The average molecular weight is 241 g/mol. The number of nitrogens with zero attached hydrogens (tertiary/aromatic N) is 5. The summed E-state index contributed by atoms with van der Waals surface area (Å²) in [5.41, 5.74) is 1.09. The lowest BCUT2D eigenvalue weighted by Crippen LogP contribution is -2.25. The molecule has 0 spiro atoms. The molecule has 0 radical (unpaired) electrons. The first kappa shape index (κ1) is 12.1. The Labute approximate surface area is 106 Å². The zero-order valence-corrected chi connectivity index (χ0v) is 10.3. The molecule has 18 heavy (non-hydrogen) atoms. The summed E-state index contributed by atoms with van der Waals surface area (Å²) in [6, 6.07) is 12.2. The van der Waals surface area contributed by atoms with Crippen LogP contribution < -0.4 is 4.90 Å². The Balaban J connectivity index is 2.16. The maximum atomic E-state index is 8.73. The number of hydrogen-bond acceptors (Lipinski definition) is 4. The highest BCUT2D eigenvalue weighted by atomic mass is 15.3. The monoisotopic (exact) mass is 241 g/mol. The van der Waals surface area contributed by atoms with Crippen molar-refractivity contribution < 1.29 is 0 Å². The first-order chi connectivity index (χ1) is 8.81. The van der Waals surface area contributed by atoms with E-state index in [0.29, 0.717) is 19.5 Å². The Hall–Kier alpha value is -2.35. The zero-order chi connectivity index (χ0) is 12.8. The van der Waals surface area contributed by atoms with Crippen molar-refractivity contribution in [2.24, 2.45) is 7.05 Å². The van der Waals surface area contributed by atoms with Gasteiger partial charge in [0.25, 0.3) is 0 Å². The van der Waals surface area contributed by atoms with Crippen LogP contribution in [0.2, 0.25) is 0 Å². The minimum Gasteiger partial charge on any atom is -0.363 e. The van der Waals surface area contributed by atoms with E-state index in [-0.39, 0.29) is 0 Å². The van der Waals surface area contributed by atoms with Gasteiger partial charge in [0, 0.05) is 19.3 Å². The molecule has 0 atom stereocenters. The quantitative estimate of drug-likeness (QED) is 0.800. The van der Waals surface area contributed by atoms with Gasteiger partial charge in [-0.3, -0.25) is 4.68 Å². The minimum atomic E-state index is 0.493. The summed E-state index contributed by atoms with van der Waals surface area (Å²) in [4.78, 5) is 6.35. The Kier molecular flexibility index (Phi) is 3.92. The van der Waals surface area contributed by atoms with Crippen molar-refractivity contribution in [1.82, 2.24) is 14.8 Å². The van der Waals surface area contributed by atoms with Crippen LogP contribution >= 0.6 is 0 Å². The van der Waals surface area contributed by atoms with Gasteiger partial charge in [0.05, 0.1) is 19.0 Å². The molecule has 0 saturated carbocycles. The van der Waals surface area contributed by atoms with Gasteiger partial charge in [-0.2, -0.15) is 10.4 Å². The highest BCUT2D eigenvalue weighted by Crippen LogP contribution is 2.15. The van der Waals surface area contributed by atoms with E-state index in [1.807, 2.05) is 37.4 Å². The van der Waals surface area contributed by atoms with E-state index in [1.165, 1.54) is 0 Å². The van der Waals surface area contributed by atoms with Crippen LogP contribution in [0.15, 0.2) is 36.7 Å². The van der Waals surface area contributed by atoms with Gasteiger partial charge >= 0.3 is 0 Å². The normalized spacial score (nSPS) is 10.0. The van der Waals surface area contributed by atoms with Crippen molar-refractivity contribution in [2.75, 3.05) is 11.4 Å². The zero-order valence-electron chi connectivity index (χ0n) is 10.3. The molecule has 0 saturated heterocycles. The molecule has 1 aromatic heterocycles. The van der Waals surface area contributed by atoms with E-state index in [1.54, 1.807) is 11.0 Å². The highest BCUT2D eigenvalue weighted by Gasteiger charge is 2.10. The SMILES string of the molecule is Cn1ncnc1CN(CCC#N)c1ccccc1. The average Bonchev–Trinajstić information content (AvgIpc) is 2.81. The van der Waals surface area contributed by atoms with Crippen LogP contribution in [0.1, 0.15) is 12.2 Å². The predicted molar refractivity (Wildman–Crippen MR) is 68.7 cm³/mol. The van der Waals surface area contributed by atoms with E-state index < -0.39 is 0 Å². The molecule has 5 nitrogen and oxygen atoms in total. The third kappa shape index (κ3) is 2.86. The molecular weight excluding hydrogens is 226 g/mol. The summed E-state index contributed by atoms with van der Waals surface area (Å²) in [6.45, 7) is 1.34. The third-order valence-electron chi connectivity index (χ3n) is 2.75. The molecule has 0 unspecified atom stereocenters. The number of rotatable bonds is 5. The Morgan fingerprint density at radius 3 is 2.72 bits per heavy atom. The lowest BCUT2D eigenvalue weighted by Gasteiger charge is -2.23. The maximum Gasteiger partial charge on any atom is 0.146 e. The number of aromatic nitrogens is 3. The van der Waals surface area contributed by atoms with Crippen molar-refractivity contribution in [3.63, 3.8) is 0 Å². The van der Waals surface area contributed by atoms with E-state index in [2.05, 4.69) is 21.1 Å². The Morgan fingerprint density at radius 1 is 1.33 bits per heavy atom. The van der Waals surface area contributed by atoms with Crippen LogP contribution in [0.3, 0.4) is 0 Å². The van der Waals surface area contributed by atoms with Crippen molar-refractivity contribution in [3.05, 3.63) is 42.5 Å². The third-order valence-corrected chi connectivity index (χ3v) is 2.75. The van der Waals surface area contributed by atoms with Gasteiger partial charge in [-0.05, 0) is 12.1 Å². The molecule has 1 aromatic carbocycles. The minimum absolute atomic E-state index is 0.493. The van der Waals surface area contributed by atoms with Crippen molar-refractivity contribution >= 4 is 5.69 Å². The molecule has 0 bridgehead atoms. The molecule has 92 valence electrons. The van der Waals surface area contributed by atoms with Crippen LogP contribution in [0, 0.1) is 11.3 Å². The molecule has 0 N–H and O–H groups in total. The molecule has 5 heteroatoms. The topological polar surface area (TPSA) is 57.7 Å². The lowest BCUT2D eigenvalue weighted by molar-refractivity contribution is 0.668. The molecule has 2 rings (SSSR count). The van der Waals surface area contributed by atoms with Crippen LogP contribution in [-0.2, 0) is 13.6 Å². The number of nitriles is 1. The number of hydrogen-bond donors (Lipinski definition) is 0. The molecule has 2 aromatic rings. The first-order valence-electron chi connectivity index (χ1n) is 5.81. The summed E-state index contributed by atoms with van der Waals surface area (Å²) in [7, 11) is 1.87. The number of aryl methyl sites for hydroxylation is 1. The van der Waals surface area contributed by atoms with Crippen LogP contribution in [0.4, 0.5) is 5.69 Å². The fraction of sp³-hybridized carbons (Fsp3) is 0.308. The second-order valence-electron chi connectivity index (χ2n) is 3.97. The predicted octanol–water partition coefficient (Wildman–Crippen LogP) is 1.74. The smallest absolute Gasteiger partial charge is 0.146 e. The summed E-state index contributed by atoms with van der Waals surface area (Å²) in [5, 5.41) is 12.8. The molecule has 1 heterocycles. The van der Waals surface area contributed by atoms with E-state index >= 15 is 0 Å². The van der Waals surface area contributed by atoms with Crippen molar-refractivity contribution in [1.29, 1.82) is 5.26 Å². The maximum absolute atomic E-state index is 8.73.